The molecule has 14 heteroatoms. The van der Waals surface area contributed by atoms with Gasteiger partial charge in [-0.05, 0) is 67.3 Å². The van der Waals surface area contributed by atoms with Crippen LogP contribution in [0, 0.1) is 28.1 Å². The molecule has 2 amide bonds. The molecule has 13 nitrogen and oxygen atoms in total. The second kappa shape index (κ2) is 17.0. The second-order valence-electron chi connectivity index (χ2n) is 18.8. The molecule has 64 heavy (non-hydrogen) atoms. The van der Waals surface area contributed by atoms with Gasteiger partial charge in [0.1, 0.15) is 17.9 Å². The van der Waals surface area contributed by atoms with Gasteiger partial charge >= 0.3 is 0 Å². The molecule has 0 unspecified atom stereocenters. The standard InChI is InChI=1S/C50H53ClN10O3/c1-30(62)61-21-18-43-40(29-61)44(58-59(43)6)38-9-7-8-32-22-42(54-28-39(32)38)34-11-14-36(53-25-34)13-10-31-16-19-60(20-17-31)48-55-26-35(27-56-48)45(63)57-46-49(2,3)47(50(46,4)5)64-37-15-12-33(24-52)41(51)23-37/h7-9,11-12,14-15,22-23,25-28,31,46-47H,10,13,16-21,29H2,1-6H3,(H,57,63). The molecule has 1 saturated carbocycles. The summed E-state index contributed by atoms with van der Waals surface area (Å²) < 4.78 is 8.34. The summed E-state index contributed by atoms with van der Waals surface area (Å²) in [6.45, 7) is 12.9. The van der Waals surface area contributed by atoms with Crippen molar-refractivity contribution < 1.29 is 14.3 Å². The number of piperidine rings is 1. The Hall–Kier alpha value is -6.39. The number of ether oxygens (including phenoxy) is 1. The number of carbonyl (C=O) groups is 2. The molecular formula is C50H53ClN10O3. The summed E-state index contributed by atoms with van der Waals surface area (Å²) in [6, 6.07) is 19.6. The first-order valence-corrected chi connectivity index (χ1v) is 22.5. The van der Waals surface area contributed by atoms with Gasteiger partial charge in [-0.3, -0.25) is 24.2 Å². The Labute approximate surface area is 378 Å². The van der Waals surface area contributed by atoms with E-state index >= 15 is 0 Å². The summed E-state index contributed by atoms with van der Waals surface area (Å²) in [7, 11) is 1.98. The quantitative estimate of drug-likeness (QED) is 0.142. The number of fused-ring (bicyclic) bond motifs is 2. The molecule has 2 aliphatic heterocycles. The zero-order chi connectivity index (χ0) is 44.9. The Morgan fingerprint density at radius 1 is 0.938 bits per heavy atom. The van der Waals surface area contributed by atoms with E-state index in [2.05, 4.69) is 90.3 Å². The van der Waals surface area contributed by atoms with Gasteiger partial charge < -0.3 is 19.9 Å². The maximum atomic E-state index is 13.5. The number of hydrogen-bond donors (Lipinski definition) is 1. The van der Waals surface area contributed by atoms with E-state index in [0.29, 0.717) is 46.9 Å². The van der Waals surface area contributed by atoms with E-state index in [9.17, 15) is 14.9 Å². The van der Waals surface area contributed by atoms with Crippen molar-refractivity contribution in [2.45, 2.75) is 85.4 Å². The molecule has 1 N–H and O–H groups in total. The second-order valence-corrected chi connectivity index (χ2v) is 19.2. The van der Waals surface area contributed by atoms with E-state index in [1.807, 2.05) is 29.0 Å². The first kappa shape index (κ1) is 42.9. The maximum Gasteiger partial charge on any atom is 0.254 e. The molecule has 6 heterocycles. The van der Waals surface area contributed by atoms with Gasteiger partial charge in [0.15, 0.2) is 0 Å². The van der Waals surface area contributed by atoms with Gasteiger partial charge in [-0.15, -0.1) is 0 Å². The molecule has 328 valence electrons. The van der Waals surface area contributed by atoms with Crippen LogP contribution in [0.4, 0.5) is 5.95 Å². The lowest BCUT2D eigenvalue weighted by Crippen LogP contribution is -2.74. The van der Waals surface area contributed by atoms with Crippen LogP contribution in [0.2, 0.25) is 5.02 Å². The van der Waals surface area contributed by atoms with Crippen molar-refractivity contribution in [3.63, 3.8) is 0 Å². The van der Waals surface area contributed by atoms with Gasteiger partial charge in [-0.2, -0.15) is 10.4 Å². The third-order valence-corrected chi connectivity index (χ3v) is 14.2. The van der Waals surface area contributed by atoms with E-state index in [4.69, 9.17) is 31.4 Å². The minimum Gasteiger partial charge on any atom is -0.489 e. The SMILES string of the molecule is CC(=O)N1CCc2c(c(-c3cccc4cc(-c5ccc(CCC6CCN(c7ncc(C(=O)NC8C(C)(C)C(Oc9ccc(C#N)c(Cl)c9)C8(C)C)cn7)CC6)nc5)ncc34)nn2C)C1. The zero-order valence-electron chi connectivity index (χ0n) is 37.2. The highest BCUT2D eigenvalue weighted by Crippen LogP contribution is 2.55. The number of nitriles is 1. The molecule has 0 bridgehead atoms. The van der Waals surface area contributed by atoms with Crippen LogP contribution in [-0.2, 0) is 31.2 Å². The van der Waals surface area contributed by atoms with E-state index < -0.39 is 0 Å². The van der Waals surface area contributed by atoms with Crippen LogP contribution in [0.15, 0.2) is 79.4 Å². The number of carbonyl (C=O) groups excluding carboxylic acids is 2. The largest absolute Gasteiger partial charge is 0.489 e. The van der Waals surface area contributed by atoms with Crippen LogP contribution in [-0.4, -0.2) is 78.2 Å². The lowest BCUT2D eigenvalue weighted by molar-refractivity contribution is -0.164. The molecule has 3 aliphatic rings. The number of aryl methyl sites for hydroxylation is 2. The molecule has 6 aromatic rings. The van der Waals surface area contributed by atoms with Gasteiger partial charge in [0.05, 0.1) is 27.5 Å². The van der Waals surface area contributed by atoms with Gasteiger partial charge in [0.2, 0.25) is 11.9 Å². The van der Waals surface area contributed by atoms with Crippen molar-refractivity contribution in [3.8, 4) is 34.3 Å². The van der Waals surface area contributed by atoms with Gasteiger partial charge in [0, 0.05) is 128 Å². The van der Waals surface area contributed by atoms with Crippen molar-refractivity contribution in [3.05, 3.63) is 112 Å². The summed E-state index contributed by atoms with van der Waals surface area (Å²) in [4.78, 5) is 48.7. The first-order chi connectivity index (χ1) is 30.7. The Morgan fingerprint density at radius 2 is 1.70 bits per heavy atom. The molecular weight excluding hydrogens is 824 g/mol. The topological polar surface area (TPSA) is 155 Å². The molecule has 4 aromatic heterocycles. The highest BCUT2D eigenvalue weighted by atomic mass is 35.5. The smallest absolute Gasteiger partial charge is 0.254 e. The molecule has 0 atom stereocenters. The number of benzene rings is 2. The Morgan fingerprint density at radius 3 is 2.39 bits per heavy atom. The molecule has 9 rings (SSSR count). The fourth-order valence-corrected chi connectivity index (χ4v) is 10.7. The fourth-order valence-electron chi connectivity index (χ4n) is 10.5. The molecule has 1 saturated heterocycles. The number of aromatic nitrogens is 6. The average Bonchev–Trinajstić information content (AvgIpc) is 3.63. The van der Waals surface area contributed by atoms with Crippen LogP contribution in [0.25, 0.3) is 33.3 Å². The van der Waals surface area contributed by atoms with Crippen molar-refractivity contribution in [2.75, 3.05) is 24.5 Å². The lowest BCUT2D eigenvalue weighted by Gasteiger charge is -2.63. The molecule has 2 aromatic carbocycles. The van der Waals surface area contributed by atoms with Gasteiger partial charge in [-0.25, -0.2) is 9.97 Å². The van der Waals surface area contributed by atoms with Crippen LogP contribution in [0.3, 0.4) is 0 Å². The number of nitrogens with zero attached hydrogens (tertiary/aromatic N) is 9. The number of anilines is 1. The van der Waals surface area contributed by atoms with Crippen LogP contribution >= 0.6 is 11.6 Å². The summed E-state index contributed by atoms with van der Waals surface area (Å²) in [5, 5.41) is 19.8. The monoisotopic (exact) mass is 876 g/mol. The average molecular weight is 877 g/mol. The highest BCUT2D eigenvalue weighted by Gasteiger charge is 2.64. The third kappa shape index (κ3) is 8.04. The fraction of sp³-hybridized carbons (Fsp3) is 0.400. The molecule has 2 fully saturated rings. The van der Waals surface area contributed by atoms with Crippen molar-refractivity contribution in [2.24, 2.45) is 23.8 Å². The highest BCUT2D eigenvalue weighted by molar-refractivity contribution is 6.31. The molecule has 1 aliphatic carbocycles. The predicted octanol–water partition coefficient (Wildman–Crippen LogP) is 8.38. The van der Waals surface area contributed by atoms with Crippen molar-refractivity contribution in [1.29, 1.82) is 5.26 Å². The van der Waals surface area contributed by atoms with Crippen LogP contribution in [0.5, 0.6) is 5.75 Å². The Kier molecular flexibility index (Phi) is 11.4. The number of hydrogen-bond acceptors (Lipinski definition) is 10. The Balaban J connectivity index is 0.762. The molecule has 0 radical (unpaired) electrons. The van der Waals surface area contributed by atoms with E-state index in [1.54, 1.807) is 37.5 Å². The van der Waals surface area contributed by atoms with Gasteiger partial charge in [0.25, 0.3) is 5.91 Å². The number of pyridine rings is 2. The summed E-state index contributed by atoms with van der Waals surface area (Å²) >= 11 is 6.26. The number of amides is 2. The maximum absolute atomic E-state index is 13.5. The normalized spacial score (nSPS) is 19.1. The molecule has 0 spiro atoms. The van der Waals surface area contributed by atoms with Crippen LogP contribution < -0.4 is 15.0 Å². The van der Waals surface area contributed by atoms with E-state index in [1.165, 1.54) is 5.69 Å². The number of nitrogens with one attached hydrogen (secondary N) is 1. The van der Waals surface area contributed by atoms with E-state index in [0.717, 1.165) is 89.7 Å². The summed E-state index contributed by atoms with van der Waals surface area (Å²) in [5.41, 5.74) is 7.21. The summed E-state index contributed by atoms with van der Waals surface area (Å²) in [6.07, 6.45) is 11.7. The third-order valence-electron chi connectivity index (χ3n) is 13.9. The lowest BCUT2D eigenvalue weighted by atomic mass is 9.49. The minimum absolute atomic E-state index is 0.0836. The van der Waals surface area contributed by atoms with Gasteiger partial charge in [-0.1, -0.05) is 57.5 Å². The zero-order valence-corrected chi connectivity index (χ0v) is 38.0. The Bertz CT molecular complexity index is 2770. The van der Waals surface area contributed by atoms with Crippen molar-refractivity contribution >= 4 is 40.1 Å². The van der Waals surface area contributed by atoms with E-state index in [-0.39, 0.29) is 34.8 Å². The predicted molar refractivity (Wildman–Crippen MR) is 247 cm³/mol. The van der Waals surface area contributed by atoms with Crippen molar-refractivity contribution in [1.82, 2.24) is 39.9 Å². The number of halogens is 1. The summed E-state index contributed by atoms with van der Waals surface area (Å²) in [5.74, 6) is 1.67. The minimum atomic E-state index is -0.378. The van der Waals surface area contributed by atoms with Crippen LogP contribution in [0.1, 0.15) is 86.8 Å². The number of rotatable bonds is 10. The first-order valence-electron chi connectivity index (χ1n) is 22.1.